The molecule has 1 fully saturated rings. The Kier molecular flexibility index (Phi) is 3.38. The van der Waals surface area contributed by atoms with E-state index >= 15 is 0 Å². The van der Waals surface area contributed by atoms with Gasteiger partial charge in [0, 0.05) is 35.8 Å². The highest BCUT2D eigenvalue weighted by Gasteiger charge is 2.12. The van der Waals surface area contributed by atoms with Crippen LogP contribution >= 0.6 is 11.8 Å². The van der Waals surface area contributed by atoms with Gasteiger partial charge >= 0.3 is 0 Å². The highest BCUT2D eigenvalue weighted by Crippen LogP contribution is 2.25. The van der Waals surface area contributed by atoms with Crippen LogP contribution in [0.25, 0.3) is 16.9 Å². The Morgan fingerprint density at radius 3 is 2.55 bits per heavy atom. The first-order valence-electron chi connectivity index (χ1n) is 7.36. The molecule has 1 saturated heterocycles. The number of nitrogens with zero attached hydrogens (tertiary/aromatic N) is 4. The summed E-state index contributed by atoms with van der Waals surface area (Å²) in [5.74, 6) is 2.72. The molecule has 0 bridgehead atoms. The Bertz CT molecular complexity index is 790. The zero-order valence-corrected chi connectivity index (χ0v) is 13.0. The Morgan fingerprint density at radius 2 is 1.77 bits per heavy atom. The number of thioether (sulfide) groups is 1. The molecular weight excluding hydrogens is 294 g/mol. The number of hydrogen-bond donors (Lipinski definition) is 1. The average Bonchev–Trinajstić information content (AvgIpc) is 2.96. The van der Waals surface area contributed by atoms with Crippen LogP contribution in [0.4, 0.5) is 11.6 Å². The summed E-state index contributed by atoms with van der Waals surface area (Å²) in [5, 5.41) is 4.27. The van der Waals surface area contributed by atoms with Gasteiger partial charge in [0.25, 0.3) is 0 Å². The van der Waals surface area contributed by atoms with E-state index in [9.17, 15) is 0 Å². The van der Waals surface area contributed by atoms with Gasteiger partial charge in [0.1, 0.15) is 0 Å². The van der Waals surface area contributed by atoms with Gasteiger partial charge in [-0.3, -0.25) is 0 Å². The predicted molar refractivity (Wildman–Crippen MR) is 92.4 cm³/mol. The molecule has 1 aliphatic heterocycles. The van der Waals surface area contributed by atoms with Crippen molar-refractivity contribution in [2.24, 2.45) is 0 Å². The van der Waals surface area contributed by atoms with Crippen molar-refractivity contribution in [3.05, 3.63) is 42.5 Å². The lowest BCUT2D eigenvalue weighted by Crippen LogP contribution is -2.32. The Labute approximate surface area is 133 Å². The number of nitrogens with two attached hydrogens (primary N) is 1. The monoisotopic (exact) mass is 311 g/mol. The molecular formula is C16H17N5S. The fourth-order valence-corrected chi connectivity index (χ4v) is 3.71. The molecule has 1 aromatic carbocycles. The number of hydrogen-bond acceptors (Lipinski definition) is 5. The molecule has 0 unspecified atom stereocenters. The smallest absolute Gasteiger partial charge is 0.240 e. The number of aromatic nitrogens is 3. The molecule has 1 aliphatic rings. The molecule has 3 heterocycles. The Balaban J connectivity index is 1.69. The van der Waals surface area contributed by atoms with Gasteiger partial charge in [0.2, 0.25) is 5.95 Å². The van der Waals surface area contributed by atoms with Crippen LogP contribution in [0, 0.1) is 0 Å². The van der Waals surface area contributed by atoms with Crippen molar-refractivity contribution < 1.29 is 0 Å². The normalized spacial score (nSPS) is 15.4. The van der Waals surface area contributed by atoms with Crippen LogP contribution in [-0.4, -0.2) is 39.2 Å². The van der Waals surface area contributed by atoms with Crippen LogP contribution in [0.5, 0.6) is 0 Å². The average molecular weight is 311 g/mol. The minimum Gasteiger partial charge on any atom is -0.370 e. The van der Waals surface area contributed by atoms with Crippen LogP contribution in [0.15, 0.2) is 42.5 Å². The molecule has 0 amide bonds. The molecule has 5 nitrogen and oxygen atoms in total. The zero-order chi connectivity index (χ0) is 14.9. The second kappa shape index (κ2) is 5.53. The van der Waals surface area contributed by atoms with Crippen LogP contribution in [-0.2, 0) is 0 Å². The van der Waals surface area contributed by atoms with Gasteiger partial charge < -0.3 is 10.6 Å². The van der Waals surface area contributed by atoms with E-state index in [0.717, 1.165) is 30.0 Å². The van der Waals surface area contributed by atoms with Crippen LogP contribution in [0.1, 0.15) is 0 Å². The largest absolute Gasteiger partial charge is 0.370 e. The summed E-state index contributed by atoms with van der Waals surface area (Å²) in [4.78, 5) is 6.65. The van der Waals surface area contributed by atoms with Crippen molar-refractivity contribution in [1.82, 2.24) is 14.6 Å². The molecule has 4 rings (SSSR count). The lowest BCUT2D eigenvalue weighted by atomic mass is 10.1. The van der Waals surface area contributed by atoms with E-state index in [0.29, 0.717) is 5.95 Å². The first-order chi connectivity index (χ1) is 10.8. The summed E-state index contributed by atoms with van der Waals surface area (Å²) in [6.07, 6.45) is 0. The number of rotatable bonds is 2. The quantitative estimate of drug-likeness (QED) is 0.788. The molecule has 0 radical (unpaired) electrons. The third-order valence-corrected chi connectivity index (χ3v) is 4.86. The molecule has 0 aliphatic carbocycles. The van der Waals surface area contributed by atoms with E-state index in [2.05, 4.69) is 39.2 Å². The van der Waals surface area contributed by atoms with Crippen LogP contribution in [0.3, 0.4) is 0 Å². The van der Waals surface area contributed by atoms with Crippen molar-refractivity contribution in [3.8, 4) is 11.3 Å². The van der Waals surface area contributed by atoms with Crippen LogP contribution in [0.2, 0.25) is 0 Å². The lowest BCUT2D eigenvalue weighted by molar-refractivity contribution is 0.859. The molecule has 2 N–H and O–H groups in total. The second-order valence-corrected chi connectivity index (χ2v) is 6.52. The molecule has 112 valence electrons. The third-order valence-electron chi connectivity index (χ3n) is 3.92. The summed E-state index contributed by atoms with van der Waals surface area (Å²) in [5.41, 5.74) is 9.88. The molecule has 6 heteroatoms. The number of anilines is 2. The SMILES string of the molecule is Nc1nc2cccc(-c3ccc(N4CCSCC4)cc3)n2n1. The highest BCUT2D eigenvalue weighted by atomic mass is 32.2. The maximum Gasteiger partial charge on any atom is 0.240 e. The Morgan fingerprint density at radius 1 is 1.00 bits per heavy atom. The van der Waals surface area contributed by atoms with E-state index in [-0.39, 0.29) is 0 Å². The summed E-state index contributed by atoms with van der Waals surface area (Å²) in [7, 11) is 0. The van der Waals surface area contributed by atoms with E-state index in [4.69, 9.17) is 5.73 Å². The first-order valence-corrected chi connectivity index (χ1v) is 8.51. The van der Waals surface area contributed by atoms with E-state index in [1.54, 1.807) is 4.52 Å². The molecule has 2 aromatic heterocycles. The van der Waals surface area contributed by atoms with Crippen molar-refractivity contribution >= 4 is 29.0 Å². The van der Waals surface area contributed by atoms with Crippen LogP contribution < -0.4 is 10.6 Å². The van der Waals surface area contributed by atoms with Crippen molar-refractivity contribution in [2.45, 2.75) is 0 Å². The fraction of sp³-hybridized carbons (Fsp3) is 0.250. The predicted octanol–water partition coefficient (Wildman–Crippen LogP) is 2.53. The fourth-order valence-electron chi connectivity index (χ4n) is 2.80. The van der Waals surface area contributed by atoms with Gasteiger partial charge in [0.05, 0.1) is 5.69 Å². The maximum atomic E-state index is 5.71. The second-order valence-electron chi connectivity index (χ2n) is 5.30. The minimum atomic E-state index is 0.301. The van der Waals surface area contributed by atoms with Gasteiger partial charge in [-0.15, -0.1) is 5.10 Å². The number of pyridine rings is 1. The van der Waals surface area contributed by atoms with Crippen molar-refractivity contribution in [3.63, 3.8) is 0 Å². The van der Waals surface area contributed by atoms with E-state index in [1.165, 1.54) is 17.2 Å². The third kappa shape index (κ3) is 2.39. The van der Waals surface area contributed by atoms with Gasteiger partial charge in [-0.1, -0.05) is 18.2 Å². The van der Waals surface area contributed by atoms with E-state index < -0.39 is 0 Å². The molecule has 3 aromatic rings. The summed E-state index contributed by atoms with van der Waals surface area (Å²) in [6, 6.07) is 14.6. The number of benzene rings is 1. The maximum absolute atomic E-state index is 5.71. The lowest BCUT2D eigenvalue weighted by Gasteiger charge is -2.28. The molecule has 22 heavy (non-hydrogen) atoms. The van der Waals surface area contributed by atoms with Gasteiger partial charge in [-0.05, 0) is 24.3 Å². The first kappa shape index (κ1) is 13.5. The van der Waals surface area contributed by atoms with Crippen molar-refractivity contribution in [2.75, 3.05) is 35.2 Å². The van der Waals surface area contributed by atoms with E-state index in [1.807, 2.05) is 30.0 Å². The molecule has 0 saturated carbocycles. The minimum absolute atomic E-state index is 0.301. The molecule has 0 spiro atoms. The Hall–Kier alpha value is -2.21. The highest BCUT2D eigenvalue weighted by molar-refractivity contribution is 7.99. The summed E-state index contributed by atoms with van der Waals surface area (Å²) in [6.45, 7) is 2.25. The standard InChI is InChI=1S/C16H17N5S/c17-16-18-15-3-1-2-14(21(15)19-16)12-4-6-13(7-5-12)20-8-10-22-11-9-20/h1-7H,8-11H2,(H2,17,19). The molecule has 0 atom stereocenters. The number of nitrogen functional groups attached to an aromatic ring is 1. The summed E-state index contributed by atoms with van der Waals surface area (Å²) < 4.78 is 1.79. The topological polar surface area (TPSA) is 59.5 Å². The zero-order valence-electron chi connectivity index (χ0n) is 12.1. The summed E-state index contributed by atoms with van der Waals surface area (Å²) >= 11 is 2.03. The van der Waals surface area contributed by atoms with Gasteiger partial charge in [-0.2, -0.15) is 16.7 Å². The van der Waals surface area contributed by atoms with Crippen molar-refractivity contribution in [1.29, 1.82) is 0 Å². The number of fused-ring (bicyclic) bond motifs is 1. The van der Waals surface area contributed by atoms with Gasteiger partial charge in [-0.25, -0.2) is 4.52 Å². The van der Waals surface area contributed by atoms with Gasteiger partial charge in [0.15, 0.2) is 5.65 Å².